The van der Waals surface area contributed by atoms with Crippen molar-refractivity contribution in [2.75, 3.05) is 0 Å². The lowest BCUT2D eigenvalue weighted by Gasteiger charge is -2.01. The number of H-pyrrole nitrogens is 1. The van der Waals surface area contributed by atoms with Gasteiger partial charge in [0.05, 0.1) is 10.7 Å². The Morgan fingerprint density at radius 2 is 2.19 bits per heavy atom. The molecule has 0 aliphatic rings. The van der Waals surface area contributed by atoms with Crippen LogP contribution in [0, 0.1) is 12.7 Å². The van der Waals surface area contributed by atoms with E-state index < -0.39 is 11.4 Å². The van der Waals surface area contributed by atoms with E-state index in [1.54, 1.807) is 12.1 Å². The number of rotatable bonds is 1. The molecule has 16 heavy (non-hydrogen) atoms. The highest BCUT2D eigenvalue weighted by Crippen LogP contribution is 2.14. The second kappa shape index (κ2) is 4.02. The van der Waals surface area contributed by atoms with Crippen molar-refractivity contribution in [3.8, 4) is 11.5 Å². The largest absolute Gasteiger partial charge is 0.303 e. The first kappa shape index (κ1) is 10.8. The smallest absolute Gasteiger partial charge is 0.287 e. The van der Waals surface area contributed by atoms with Gasteiger partial charge in [0.15, 0.2) is 5.82 Å². The van der Waals surface area contributed by atoms with E-state index in [1.807, 2.05) is 0 Å². The lowest BCUT2D eigenvalue weighted by atomic mass is 10.3. The molecule has 0 fully saturated rings. The van der Waals surface area contributed by atoms with E-state index in [0.717, 1.165) is 0 Å². The molecule has 0 unspecified atom stereocenters. The van der Waals surface area contributed by atoms with Crippen molar-refractivity contribution in [1.29, 1.82) is 0 Å². The van der Waals surface area contributed by atoms with E-state index in [-0.39, 0.29) is 11.5 Å². The van der Waals surface area contributed by atoms with Gasteiger partial charge in [0, 0.05) is 6.20 Å². The van der Waals surface area contributed by atoms with Crippen LogP contribution in [0.15, 0.2) is 23.1 Å². The van der Waals surface area contributed by atoms with Crippen LogP contribution in [0.25, 0.3) is 11.5 Å². The van der Waals surface area contributed by atoms with Gasteiger partial charge in [0.25, 0.3) is 5.56 Å². The summed E-state index contributed by atoms with van der Waals surface area (Å²) in [6, 6.07) is 3.21. The Bertz CT molecular complexity index is 580. The second-order valence-corrected chi connectivity index (χ2v) is 3.61. The number of aromatic nitrogens is 3. The highest BCUT2D eigenvalue weighted by atomic mass is 35.5. The molecule has 0 amide bonds. The fourth-order valence-electron chi connectivity index (χ4n) is 1.21. The molecule has 0 radical (unpaired) electrons. The Labute approximate surface area is 95.1 Å². The lowest BCUT2D eigenvalue weighted by Crippen LogP contribution is -2.15. The quantitative estimate of drug-likeness (QED) is 0.827. The third kappa shape index (κ3) is 1.94. The molecule has 6 heteroatoms. The minimum atomic E-state index is -0.877. The van der Waals surface area contributed by atoms with Gasteiger partial charge in [-0.25, -0.2) is 4.98 Å². The Morgan fingerprint density at radius 1 is 1.44 bits per heavy atom. The minimum absolute atomic E-state index is 0.0375. The van der Waals surface area contributed by atoms with Gasteiger partial charge < -0.3 is 4.98 Å². The molecule has 0 bridgehead atoms. The van der Waals surface area contributed by atoms with Crippen LogP contribution in [0.2, 0.25) is 5.02 Å². The van der Waals surface area contributed by atoms with Crippen molar-refractivity contribution < 1.29 is 4.39 Å². The summed E-state index contributed by atoms with van der Waals surface area (Å²) in [5.41, 5.74) is -0.334. The average Bonchev–Trinajstić information content (AvgIpc) is 2.26. The zero-order chi connectivity index (χ0) is 11.7. The van der Waals surface area contributed by atoms with E-state index >= 15 is 0 Å². The predicted octanol–water partition coefficient (Wildman–Crippen LogP) is 1.93. The maximum Gasteiger partial charge on any atom is 0.287 e. The van der Waals surface area contributed by atoms with Crippen LogP contribution in [0.5, 0.6) is 0 Å². The molecule has 4 nitrogen and oxygen atoms in total. The Morgan fingerprint density at radius 3 is 2.75 bits per heavy atom. The van der Waals surface area contributed by atoms with Gasteiger partial charge in [-0.05, 0) is 19.1 Å². The Kier molecular flexibility index (Phi) is 2.70. The van der Waals surface area contributed by atoms with E-state index in [0.29, 0.717) is 10.7 Å². The maximum absolute atomic E-state index is 13.0. The van der Waals surface area contributed by atoms with E-state index in [4.69, 9.17) is 11.6 Å². The fraction of sp³-hybridized carbons (Fsp3) is 0.100. The zero-order valence-electron chi connectivity index (χ0n) is 8.29. The van der Waals surface area contributed by atoms with Crippen molar-refractivity contribution in [3.63, 3.8) is 0 Å². The van der Waals surface area contributed by atoms with Crippen LogP contribution in [-0.2, 0) is 0 Å². The standard InChI is InChI=1S/C10H7ClFN3O/c1-5-8(12)10(16)15-9(14-5)7-3-2-6(11)4-13-7/h2-4H,1H3,(H,14,15,16). The van der Waals surface area contributed by atoms with Crippen LogP contribution < -0.4 is 5.56 Å². The molecule has 0 saturated carbocycles. The minimum Gasteiger partial charge on any atom is -0.303 e. The number of halogens is 2. The van der Waals surface area contributed by atoms with Crippen molar-refractivity contribution in [3.05, 3.63) is 45.2 Å². The normalized spacial score (nSPS) is 10.4. The number of nitrogens with zero attached hydrogens (tertiary/aromatic N) is 2. The highest BCUT2D eigenvalue weighted by molar-refractivity contribution is 6.30. The number of aromatic amines is 1. The SMILES string of the molecule is Cc1nc(-c2ccc(Cl)cn2)[nH]c(=O)c1F. The molecule has 2 heterocycles. The van der Waals surface area contributed by atoms with Crippen LogP contribution in [0.3, 0.4) is 0 Å². The number of nitrogens with one attached hydrogen (secondary N) is 1. The van der Waals surface area contributed by atoms with E-state index in [9.17, 15) is 9.18 Å². The molecule has 0 aliphatic heterocycles. The first-order valence-electron chi connectivity index (χ1n) is 4.46. The summed E-state index contributed by atoms with van der Waals surface area (Å²) in [5, 5.41) is 0.477. The molecule has 2 aromatic rings. The van der Waals surface area contributed by atoms with Crippen LogP contribution >= 0.6 is 11.6 Å². The highest BCUT2D eigenvalue weighted by Gasteiger charge is 2.09. The summed E-state index contributed by atoms with van der Waals surface area (Å²) >= 11 is 5.67. The number of pyridine rings is 1. The number of hydrogen-bond donors (Lipinski definition) is 1. The molecule has 2 aromatic heterocycles. The van der Waals surface area contributed by atoms with Gasteiger partial charge in [-0.2, -0.15) is 4.39 Å². The molecule has 0 aromatic carbocycles. The van der Waals surface area contributed by atoms with Crippen molar-refractivity contribution in [2.45, 2.75) is 6.92 Å². The summed E-state index contributed by atoms with van der Waals surface area (Å²) in [6.07, 6.45) is 1.43. The van der Waals surface area contributed by atoms with E-state index in [1.165, 1.54) is 13.1 Å². The molecule has 1 N–H and O–H groups in total. The Hall–Kier alpha value is -1.75. The van der Waals surface area contributed by atoms with Gasteiger partial charge in [0.1, 0.15) is 5.69 Å². The number of hydrogen-bond acceptors (Lipinski definition) is 3. The maximum atomic E-state index is 13.0. The summed E-state index contributed by atoms with van der Waals surface area (Å²) in [5.74, 6) is -0.654. The molecule has 0 aliphatic carbocycles. The molecular weight excluding hydrogens is 233 g/mol. The van der Waals surface area contributed by atoms with Gasteiger partial charge >= 0.3 is 0 Å². The third-order valence-electron chi connectivity index (χ3n) is 2.00. The third-order valence-corrected chi connectivity index (χ3v) is 2.22. The Balaban J connectivity index is 2.57. The zero-order valence-corrected chi connectivity index (χ0v) is 9.05. The average molecular weight is 240 g/mol. The molecule has 82 valence electrons. The van der Waals surface area contributed by atoms with Crippen LogP contribution in [0.1, 0.15) is 5.69 Å². The van der Waals surface area contributed by atoms with Crippen molar-refractivity contribution in [1.82, 2.24) is 15.0 Å². The van der Waals surface area contributed by atoms with Crippen LogP contribution in [-0.4, -0.2) is 15.0 Å². The topological polar surface area (TPSA) is 58.6 Å². The van der Waals surface area contributed by atoms with Gasteiger partial charge in [-0.3, -0.25) is 9.78 Å². The first-order valence-corrected chi connectivity index (χ1v) is 4.84. The van der Waals surface area contributed by atoms with E-state index in [2.05, 4.69) is 15.0 Å². The monoisotopic (exact) mass is 239 g/mol. The summed E-state index contributed by atoms with van der Waals surface area (Å²) < 4.78 is 13.0. The summed E-state index contributed by atoms with van der Waals surface area (Å²) in [6.45, 7) is 1.42. The molecule has 0 spiro atoms. The number of aryl methyl sites for hydroxylation is 1. The first-order chi connectivity index (χ1) is 7.58. The summed E-state index contributed by atoms with van der Waals surface area (Å²) in [7, 11) is 0. The van der Waals surface area contributed by atoms with Crippen molar-refractivity contribution >= 4 is 11.6 Å². The van der Waals surface area contributed by atoms with Crippen LogP contribution in [0.4, 0.5) is 4.39 Å². The van der Waals surface area contributed by atoms with Gasteiger partial charge in [0.2, 0.25) is 5.82 Å². The second-order valence-electron chi connectivity index (χ2n) is 3.18. The summed E-state index contributed by atoms with van der Waals surface area (Å²) in [4.78, 5) is 21.4. The van der Waals surface area contributed by atoms with Gasteiger partial charge in [-0.1, -0.05) is 11.6 Å². The molecule has 0 atom stereocenters. The fourth-order valence-corrected chi connectivity index (χ4v) is 1.32. The van der Waals surface area contributed by atoms with Crippen molar-refractivity contribution in [2.24, 2.45) is 0 Å². The predicted molar refractivity (Wildman–Crippen MR) is 57.8 cm³/mol. The molecule has 2 rings (SSSR count). The van der Waals surface area contributed by atoms with Gasteiger partial charge in [-0.15, -0.1) is 0 Å². The molecule has 0 saturated heterocycles. The lowest BCUT2D eigenvalue weighted by molar-refractivity contribution is 0.589. The molecular formula is C10H7ClFN3O.